The lowest BCUT2D eigenvalue weighted by atomic mass is 9.99. The van der Waals surface area contributed by atoms with Crippen molar-refractivity contribution in [1.82, 2.24) is 5.32 Å². The summed E-state index contributed by atoms with van der Waals surface area (Å²) in [5, 5.41) is 54.1. The molecule has 0 aliphatic carbocycles. The molecule has 1 amide bonds. The average molecular weight is 780 g/mol. The van der Waals surface area contributed by atoms with Gasteiger partial charge in [-0.15, -0.1) is 0 Å². The predicted molar refractivity (Wildman–Crippen MR) is 226 cm³/mol. The van der Waals surface area contributed by atoms with E-state index in [1.165, 1.54) is 116 Å². The van der Waals surface area contributed by atoms with Gasteiger partial charge in [-0.3, -0.25) is 4.79 Å². The summed E-state index contributed by atoms with van der Waals surface area (Å²) in [5.41, 5.74) is 0. The van der Waals surface area contributed by atoms with Gasteiger partial charge in [-0.1, -0.05) is 166 Å². The number of aliphatic hydroxyl groups is 5. The van der Waals surface area contributed by atoms with Crippen molar-refractivity contribution in [3.05, 3.63) is 36.5 Å². The molecule has 1 heterocycles. The number of carbonyl (C=O) groups excluding carboxylic acids is 1. The largest absolute Gasteiger partial charge is 0.394 e. The molecule has 9 heteroatoms. The number of amides is 1. The highest BCUT2D eigenvalue weighted by molar-refractivity contribution is 5.76. The molecule has 6 N–H and O–H groups in total. The minimum absolute atomic E-state index is 0.196. The van der Waals surface area contributed by atoms with Crippen molar-refractivity contribution in [2.45, 2.75) is 236 Å². The minimum Gasteiger partial charge on any atom is -0.394 e. The summed E-state index contributed by atoms with van der Waals surface area (Å²) in [6, 6.07) is -0.823. The number of hydrogen-bond donors (Lipinski definition) is 6. The number of nitrogens with one attached hydrogen (secondary N) is 1. The number of ether oxygens (including phenoxy) is 2. The molecule has 0 spiro atoms. The van der Waals surface area contributed by atoms with E-state index in [1.807, 2.05) is 6.08 Å². The van der Waals surface area contributed by atoms with Crippen molar-refractivity contribution in [3.63, 3.8) is 0 Å². The molecule has 9 nitrogen and oxygen atoms in total. The molecule has 0 saturated carbocycles. The molecule has 0 bridgehead atoms. The third kappa shape index (κ3) is 27.6. The lowest BCUT2D eigenvalue weighted by Crippen LogP contribution is -2.60. The summed E-state index contributed by atoms with van der Waals surface area (Å²) in [5.74, 6) is -0.196. The Hall–Kier alpha value is -1.59. The van der Waals surface area contributed by atoms with E-state index in [4.69, 9.17) is 9.47 Å². The summed E-state index contributed by atoms with van der Waals surface area (Å²) in [7, 11) is 0. The van der Waals surface area contributed by atoms with Crippen molar-refractivity contribution in [2.24, 2.45) is 0 Å². The van der Waals surface area contributed by atoms with E-state index >= 15 is 0 Å². The summed E-state index contributed by atoms with van der Waals surface area (Å²) in [6.45, 7) is 3.74. The van der Waals surface area contributed by atoms with Crippen molar-refractivity contribution < 1.29 is 39.8 Å². The Balaban J connectivity index is 2.39. The SMILES string of the molecule is CCCCCCCCCC/C=C/CC/C=C/C(O)C(COC1OC(CO)C(O)C(O)C1O)NC(=O)CCCCCCC/C=C\CCCCCCCCCCC. The first kappa shape index (κ1) is 51.4. The van der Waals surface area contributed by atoms with Crippen molar-refractivity contribution >= 4 is 5.91 Å². The standard InChI is InChI=1S/C46H85NO8/c1-3-5-7-9-11-13-15-17-19-20-21-22-24-26-28-30-32-34-36-42(50)47-39(38-54-46-45(53)44(52)43(51)41(37-48)55-46)40(49)35-33-31-29-27-25-23-18-16-14-12-10-8-6-4-2/h21-22,25,27,33,35,39-41,43-46,48-49,51-53H,3-20,23-24,26,28-32,34,36-38H2,1-2H3,(H,47,50)/b22-21-,27-25+,35-33+. The maximum absolute atomic E-state index is 12.9. The van der Waals surface area contributed by atoms with Crippen LogP contribution in [0.25, 0.3) is 0 Å². The van der Waals surface area contributed by atoms with E-state index in [9.17, 15) is 30.3 Å². The molecular formula is C46H85NO8. The predicted octanol–water partition coefficient (Wildman–Crippen LogP) is 9.28. The summed E-state index contributed by atoms with van der Waals surface area (Å²) < 4.78 is 11.2. The fraction of sp³-hybridized carbons (Fsp3) is 0.848. The normalized spacial score (nSPS) is 21.6. The second-order valence-corrected chi connectivity index (χ2v) is 15.8. The maximum Gasteiger partial charge on any atom is 0.220 e. The number of aliphatic hydroxyl groups excluding tert-OH is 5. The van der Waals surface area contributed by atoms with Crippen LogP contribution < -0.4 is 5.32 Å². The van der Waals surface area contributed by atoms with E-state index in [0.717, 1.165) is 57.8 Å². The van der Waals surface area contributed by atoms with Crippen molar-refractivity contribution in [1.29, 1.82) is 0 Å². The number of carbonyl (C=O) groups is 1. The second kappa shape index (κ2) is 36.7. The lowest BCUT2D eigenvalue weighted by Gasteiger charge is -2.40. The van der Waals surface area contributed by atoms with Crippen LogP contribution in [0.2, 0.25) is 0 Å². The fourth-order valence-corrected chi connectivity index (χ4v) is 6.99. The fourth-order valence-electron chi connectivity index (χ4n) is 6.99. The summed E-state index contributed by atoms with van der Waals surface area (Å²) in [6.07, 6.45) is 37.6. The van der Waals surface area contributed by atoms with Crippen molar-refractivity contribution in [3.8, 4) is 0 Å². The molecule has 0 aromatic carbocycles. The number of unbranched alkanes of at least 4 members (excludes halogenated alkanes) is 23. The third-order valence-electron chi connectivity index (χ3n) is 10.7. The second-order valence-electron chi connectivity index (χ2n) is 15.8. The van der Waals surface area contributed by atoms with Crippen LogP contribution in [0.15, 0.2) is 36.5 Å². The monoisotopic (exact) mass is 780 g/mol. The van der Waals surface area contributed by atoms with E-state index in [0.29, 0.717) is 6.42 Å². The summed E-state index contributed by atoms with van der Waals surface area (Å²) in [4.78, 5) is 12.9. The Morgan fingerprint density at radius 2 is 1.04 bits per heavy atom. The first-order chi connectivity index (χ1) is 26.8. The van der Waals surface area contributed by atoms with E-state index < -0.39 is 49.5 Å². The molecular weight excluding hydrogens is 695 g/mol. The highest BCUT2D eigenvalue weighted by Gasteiger charge is 2.44. The molecule has 55 heavy (non-hydrogen) atoms. The topological polar surface area (TPSA) is 149 Å². The third-order valence-corrected chi connectivity index (χ3v) is 10.7. The zero-order chi connectivity index (χ0) is 40.2. The van der Waals surface area contributed by atoms with Crippen molar-refractivity contribution in [2.75, 3.05) is 13.2 Å². The molecule has 322 valence electrons. The zero-order valence-corrected chi connectivity index (χ0v) is 35.2. The average Bonchev–Trinajstić information content (AvgIpc) is 3.18. The number of hydrogen-bond acceptors (Lipinski definition) is 8. The quantitative estimate of drug-likeness (QED) is 0.0270. The molecule has 7 unspecified atom stereocenters. The number of rotatable bonds is 37. The van der Waals surface area contributed by atoms with Gasteiger partial charge in [0.15, 0.2) is 6.29 Å². The molecule has 1 aliphatic heterocycles. The van der Waals surface area contributed by atoms with Crippen LogP contribution >= 0.6 is 0 Å². The zero-order valence-electron chi connectivity index (χ0n) is 35.2. The van der Waals surface area contributed by atoms with E-state index in [2.05, 4.69) is 43.5 Å². The maximum atomic E-state index is 12.9. The molecule has 1 fully saturated rings. The van der Waals surface area contributed by atoms with Crippen LogP contribution in [0, 0.1) is 0 Å². The molecule has 1 rings (SSSR count). The van der Waals surface area contributed by atoms with Gasteiger partial charge < -0.3 is 40.3 Å². The van der Waals surface area contributed by atoms with Crippen LogP contribution in [0.5, 0.6) is 0 Å². The number of allylic oxidation sites excluding steroid dienone is 5. The van der Waals surface area contributed by atoms with E-state index in [1.54, 1.807) is 6.08 Å². The van der Waals surface area contributed by atoms with Crippen LogP contribution in [0.4, 0.5) is 0 Å². The first-order valence-electron chi connectivity index (χ1n) is 22.7. The Bertz CT molecular complexity index is 956. The van der Waals surface area contributed by atoms with Gasteiger partial charge in [0.05, 0.1) is 25.4 Å². The van der Waals surface area contributed by atoms with Crippen LogP contribution in [0.3, 0.4) is 0 Å². The molecule has 0 aromatic heterocycles. The molecule has 7 atom stereocenters. The molecule has 1 saturated heterocycles. The Kier molecular flexibility index (Phi) is 34.3. The van der Waals surface area contributed by atoms with Gasteiger partial charge in [0.1, 0.15) is 24.4 Å². The summed E-state index contributed by atoms with van der Waals surface area (Å²) >= 11 is 0. The minimum atomic E-state index is -1.57. The first-order valence-corrected chi connectivity index (χ1v) is 22.7. The molecule has 1 aliphatic rings. The highest BCUT2D eigenvalue weighted by atomic mass is 16.7. The van der Waals surface area contributed by atoms with Crippen LogP contribution in [-0.2, 0) is 14.3 Å². The van der Waals surface area contributed by atoms with Crippen LogP contribution in [0.1, 0.15) is 194 Å². The van der Waals surface area contributed by atoms with Gasteiger partial charge in [-0.05, 0) is 57.8 Å². The smallest absolute Gasteiger partial charge is 0.220 e. The highest BCUT2D eigenvalue weighted by Crippen LogP contribution is 2.22. The Morgan fingerprint density at radius 3 is 1.53 bits per heavy atom. The Labute approximate surface area is 336 Å². The van der Waals surface area contributed by atoms with Gasteiger partial charge >= 0.3 is 0 Å². The Morgan fingerprint density at radius 1 is 0.600 bits per heavy atom. The van der Waals surface area contributed by atoms with Gasteiger partial charge in [-0.2, -0.15) is 0 Å². The molecule has 0 radical (unpaired) electrons. The van der Waals surface area contributed by atoms with E-state index in [-0.39, 0.29) is 12.5 Å². The van der Waals surface area contributed by atoms with Gasteiger partial charge in [-0.25, -0.2) is 0 Å². The van der Waals surface area contributed by atoms with Gasteiger partial charge in [0, 0.05) is 6.42 Å². The van der Waals surface area contributed by atoms with Gasteiger partial charge in [0.2, 0.25) is 5.91 Å². The lowest BCUT2D eigenvalue weighted by molar-refractivity contribution is -0.302. The van der Waals surface area contributed by atoms with Crippen LogP contribution in [-0.4, -0.2) is 87.5 Å². The molecule has 0 aromatic rings. The van der Waals surface area contributed by atoms with Gasteiger partial charge in [0.25, 0.3) is 0 Å².